The smallest absolute Gasteiger partial charge is 0.261 e. The van der Waals surface area contributed by atoms with Crippen LogP contribution in [0.2, 0.25) is 0 Å². The van der Waals surface area contributed by atoms with E-state index in [0.29, 0.717) is 11.4 Å². The van der Waals surface area contributed by atoms with Gasteiger partial charge in [-0.2, -0.15) is 0 Å². The largest absolute Gasteiger partial charge is 0.454 e. The van der Waals surface area contributed by atoms with Crippen LogP contribution in [-0.2, 0) is 6.54 Å². The van der Waals surface area contributed by atoms with Crippen LogP contribution < -0.4 is 19.7 Å². The van der Waals surface area contributed by atoms with Crippen LogP contribution in [0, 0.1) is 0 Å². The molecule has 3 aromatic rings. The molecule has 28 heavy (non-hydrogen) atoms. The predicted molar refractivity (Wildman–Crippen MR) is 110 cm³/mol. The highest BCUT2D eigenvalue weighted by molar-refractivity contribution is 7.99. The first-order valence-electron chi connectivity index (χ1n) is 8.90. The standard InChI is InChI=1S/C20H17N3O3S2/c24-19(22-11-13-3-4-15-16(10-13)26-12-25-15)17-5-6-18(28-17)23-8-9-27-20-14(23)2-1-7-21-20/h1-7,10H,8-9,11-12H2,(H,22,24). The van der Waals surface area contributed by atoms with Crippen LogP contribution in [0.1, 0.15) is 15.2 Å². The van der Waals surface area contributed by atoms with Crippen LogP contribution in [0.3, 0.4) is 0 Å². The number of carbonyl (C=O) groups is 1. The fourth-order valence-electron chi connectivity index (χ4n) is 3.20. The molecule has 0 bridgehead atoms. The molecule has 4 heterocycles. The van der Waals surface area contributed by atoms with E-state index in [9.17, 15) is 4.79 Å². The number of ether oxygens (including phenoxy) is 2. The zero-order valence-corrected chi connectivity index (χ0v) is 16.5. The summed E-state index contributed by atoms with van der Waals surface area (Å²) in [6, 6.07) is 13.6. The number of hydrogen-bond donors (Lipinski definition) is 1. The summed E-state index contributed by atoms with van der Waals surface area (Å²) in [5.41, 5.74) is 2.08. The van der Waals surface area contributed by atoms with Crippen molar-refractivity contribution in [3.63, 3.8) is 0 Å². The highest BCUT2D eigenvalue weighted by atomic mass is 32.2. The van der Waals surface area contributed by atoms with E-state index in [-0.39, 0.29) is 12.7 Å². The number of fused-ring (bicyclic) bond motifs is 2. The van der Waals surface area contributed by atoms with Crippen molar-refractivity contribution in [1.29, 1.82) is 0 Å². The topological polar surface area (TPSA) is 63.7 Å². The molecule has 6 nitrogen and oxygen atoms in total. The van der Waals surface area contributed by atoms with Gasteiger partial charge < -0.3 is 19.7 Å². The number of thioether (sulfide) groups is 1. The predicted octanol–water partition coefficient (Wildman–Crippen LogP) is 4.05. The highest BCUT2D eigenvalue weighted by Gasteiger charge is 2.22. The maximum absolute atomic E-state index is 12.6. The molecule has 0 aliphatic carbocycles. The molecule has 0 spiro atoms. The summed E-state index contributed by atoms with van der Waals surface area (Å²) in [5.74, 6) is 2.37. The summed E-state index contributed by atoms with van der Waals surface area (Å²) in [6.07, 6.45) is 1.82. The van der Waals surface area contributed by atoms with Crippen molar-refractivity contribution < 1.29 is 14.3 Å². The van der Waals surface area contributed by atoms with Gasteiger partial charge in [-0.05, 0) is 42.0 Å². The molecule has 2 aliphatic rings. The van der Waals surface area contributed by atoms with Crippen molar-refractivity contribution >= 4 is 39.7 Å². The number of pyridine rings is 1. The Morgan fingerprint density at radius 2 is 2.11 bits per heavy atom. The summed E-state index contributed by atoms with van der Waals surface area (Å²) in [7, 11) is 0. The molecule has 1 aromatic carbocycles. The lowest BCUT2D eigenvalue weighted by molar-refractivity contribution is 0.0955. The average molecular weight is 412 g/mol. The molecule has 0 unspecified atom stereocenters. The summed E-state index contributed by atoms with van der Waals surface area (Å²) in [5, 5.41) is 5.08. The molecular weight excluding hydrogens is 394 g/mol. The average Bonchev–Trinajstić information content (AvgIpc) is 3.41. The molecule has 0 saturated heterocycles. The molecule has 0 fully saturated rings. The summed E-state index contributed by atoms with van der Waals surface area (Å²) in [6.45, 7) is 1.59. The Balaban J connectivity index is 1.28. The molecule has 2 aliphatic heterocycles. The first-order valence-corrected chi connectivity index (χ1v) is 10.7. The summed E-state index contributed by atoms with van der Waals surface area (Å²) < 4.78 is 10.7. The monoisotopic (exact) mass is 411 g/mol. The van der Waals surface area contributed by atoms with E-state index in [1.54, 1.807) is 11.8 Å². The van der Waals surface area contributed by atoms with Crippen LogP contribution in [0.25, 0.3) is 0 Å². The Labute approximate surface area is 170 Å². The van der Waals surface area contributed by atoms with Gasteiger partial charge >= 0.3 is 0 Å². The van der Waals surface area contributed by atoms with Crippen molar-refractivity contribution in [3.05, 3.63) is 59.1 Å². The van der Waals surface area contributed by atoms with E-state index in [0.717, 1.165) is 45.1 Å². The van der Waals surface area contributed by atoms with Crippen molar-refractivity contribution in [1.82, 2.24) is 10.3 Å². The van der Waals surface area contributed by atoms with Crippen LogP contribution >= 0.6 is 23.1 Å². The number of carbonyl (C=O) groups excluding carboxylic acids is 1. The van der Waals surface area contributed by atoms with Crippen LogP contribution in [0.4, 0.5) is 10.7 Å². The fraction of sp³-hybridized carbons (Fsp3) is 0.200. The third kappa shape index (κ3) is 3.29. The molecule has 2 aromatic heterocycles. The van der Waals surface area contributed by atoms with Gasteiger partial charge in [0.2, 0.25) is 6.79 Å². The van der Waals surface area contributed by atoms with E-state index in [4.69, 9.17) is 9.47 Å². The Hall–Kier alpha value is -2.71. The maximum atomic E-state index is 12.6. The van der Waals surface area contributed by atoms with Gasteiger partial charge in [-0.1, -0.05) is 6.07 Å². The number of aromatic nitrogens is 1. The minimum Gasteiger partial charge on any atom is -0.454 e. The SMILES string of the molecule is O=C(NCc1ccc2c(c1)OCO2)c1ccc(N2CCSc3ncccc32)s1. The molecular formula is C20H17N3O3S2. The number of hydrogen-bond acceptors (Lipinski definition) is 7. The van der Waals surface area contributed by atoms with Gasteiger partial charge in [0, 0.05) is 25.0 Å². The number of amides is 1. The van der Waals surface area contributed by atoms with Crippen LogP contribution in [0.5, 0.6) is 11.5 Å². The van der Waals surface area contributed by atoms with Gasteiger partial charge in [-0.3, -0.25) is 4.79 Å². The minimum atomic E-state index is -0.0771. The van der Waals surface area contributed by atoms with Crippen molar-refractivity contribution in [2.45, 2.75) is 11.6 Å². The lowest BCUT2D eigenvalue weighted by Crippen LogP contribution is -2.23. The van der Waals surface area contributed by atoms with Gasteiger partial charge in [0.05, 0.1) is 15.6 Å². The van der Waals surface area contributed by atoms with Gasteiger partial charge in [0.1, 0.15) is 5.03 Å². The number of anilines is 2. The molecule has 0 saturated carbocycles. The number of nitrogens with zero attached hydrogens (tertiary/aromatic N) is 2. The normalized spacial score (nSPS) is 14.6. The molecule has 0 atom stereocenters. The molecule has 142 valence electrons. The number of nitrogens with one attached hydrogen (secondary N) is 1. The summed E-state index contributed by atoms with van der Waals surface area (Å²) >= 11 is 3.27. The Morgan fingerprint density at radius 1 is 1.18 bits per heavy atom. The van der Waals surface area contributed by atoms with Gasteiger partial charge in [-0.25, -0.2) is 4.98 Å². The first-order chi connectivity index (χ1) is 13.8. The molecule has 5 rings (SSSR count). The third-order valence-corrected chi connectivity index (χ3v) is 6.65. The number of rotatable bonds is 4. The van der Waals surface area contributed by atoms with Crippen LogP contribution in [-0.4, -0.2) is 30.0 Å². The molecule has 8 heteroatoms. The molecule has 1 N–H and O–H groups in total. The second kappa shape index (κ2) is 7.37. The number of thiophene rings is 1. The summed E-state index contributed by atoms with van der Waals surface area (Å²) in [4.78, 5) is 20.0. The Morgan fingerprint density at radius 3 is 3.07 bits per heavy atom. The van der Waals surface area contributed by atoms with E-state index in [1.807, 2.05) is 42.6 Å². The first kappa shape index (κ1) is 17.4. The second-order valence-electron chi connectivity index (χ2n) is 6.34. The zero-order chi connectivity index (χ0) is 18.9. The lowest BCUT2D eigenvalue weighted by atomic mass is 10.2. The zero-order valence-electron chi connectivity index (χ0n) is 14.9. The van der Waals surface area contributed by atoms with Gasteiger partial charge in [-0.15, -0.1) is 23.1 Å². The number of benzene rings is 1. The minimum absolute atomic E-state index is 0.0771. The maximum Gasteiger partial charge on any atom is 0.261 e. The lowest BCUT2D eigenvalue weighted by Gasteiger charge is -2.28. The molecule has 0 radical (unpaired) electrons. The van der Waals surface area contributed by atoms with Crippen molar-refractivity contribution in [3.8, 4) is 11.5 Å². The molecule has 1 amide bonds. The van der Waals surface area contributed by atoms with Gasteiger partial charge in [0.25, 0.3) is 5.91 Å². The Bertz CT molecular complexity index is 1040. The van der Waals surface area contributed by atoms with E-state index >= 15 is 0 Å². The second-order valence-corrected chi connectivity index (χ2v) is 8.48. The highest BCUT2D eigenvalue weighted by Crippen LogP contribution is 2.40. The van der Waals surface area contributed by atoms with Crippen molar-refractivity contribution in [2.24, 2.45) is 0 Å². The third-order valence-electron chi connectivity index (χ3n) is 4.57. The van der Waals surface area contributed by atoms with E-state index in [2.05, 4.69) is 21.3 Å². The Kier molecular flexibility index (Phi) is 4.58. The van der Waals surface area contributed by atoms with Crippen LogP contribution in [0.15, 0.2) is 53.7 Å². The van der Waals surface area contributed by atoms with E-state index < -0.39 is 0 Å². The van der Waals surface area contributed by atoms with Gasteiger partial charge in [0.15, 0.2) is 11.5 Å². The quantitative estimate of drug-likeness (QED) is 0.699. The van der Waals surface area contributed by atoms with E-state index in [1.165, 1.54) is 11.3 Å². The fourth-order valence-corrected chi connectivity index (χ4v) is 5.09. The van der Waals surface area contributed by atoms with Crippen molar-refractivity contribution in [2.75, 3.05) is 24.0 Å².